The van der Waals surface area contributed by atoms with Crippen molar-refractivity contribution in [1.29, 1.82) is 0 Å². The Balaban J connectivity index is 1.36. The molecule has 4 rings (SSSR count). The molecular formula is C16H24O2. The fourth-order valence-electron chi connectivity index (χ4n) is 6.33. The molecular weight excluding hydrogens is 224 g/mol. The smallest absolute Gasteiger partial charge is 0.303 e. The number of fused-ring (bicyclic) bond motifs is 6. The minimum absolute atomic E-state index is 0.379. The molecule has 4 aliphatic carbocycles. The number of rotatable bonds is 4. The topological polar surface area (TPSA) is 37.3 Å². The van der Waals surface area contributed by atoms with Crippen molar-refractivity contribution in [2.45, 2.75) is 45.4 Å². The van der Waals surface area contributed by atoms with Gasteiger partial charge in [0.1, 0.15) is 0 Å². The van der Waals surface area contributed by atoms with Crippen molar-refractivity contribution < 1.29 is 9.90 Å². The highest BCUT2D eigenvalue weighted by Crippen LogP contribution is 2.75. The van der Waals surface area contributed by atoms with Crippen LogP contribution in [0.1, 0.15) is 45.4 Å². The minimum atomic E-state index is -0.620. The van der Waals surface area contributed by atoms with E-state index in [1.54, 1.807) is 0 Å². The second-order valence-corrected chi connectivity index (χ2v) is 7.44. The summed E-state index contributed by atoms with van der Waals surface area (Å²) in [5.41, 5.74) is 0. The number of carboxylic acid groups (broad SMARTS) is 1. The van der Waals surface area contributed by atoms with Gasteiger partial charge in [-0.1, -0.05) is 6.92 Å². The summed E-state index contributed by atoms with van der Waals surface area (Å²) in [4.78, 5) is 10.6. The summed E-state index contributed by atoms with van der Waals surface area (Å²) >= 11 is 0. The van der Waals surface area contributed by atoms with Crippen molar-refractivity contribution in [3.63, 3.8) is 0 Å². The van der Waals surface area contributed by atoms with Gasteiger partial charge < -0.3 is 5.11 Å². The summed E-state index contributed by atoms with van der Waals surface area (Å²) < 4.78 is 0. The Labute approximate surface area is 109 Å². The van der Waals surface area contributed by atoms with Gasteiger partial charge in [-0.15, -0.1) is 0 Å². The SMILES string of the molecule is CC1C2CCC2C2C3C(CCCC(=O)O)CC3C12. The van der Waals surface area contributed by atoms with Gasteiger partial charge in [-0.2, -0.15) is 0 Å². The molecule has 2 nitrogen and oxygen atoms in total. The summed E-state index contributed by atoms with van der Waals surface area (Å²) in [6.45, 7) is 2.51. The molecule has 4 aliphatic rings. The molecule has 0 bridgehead atoms. The Bertz CT molecular complexity index is 377. The largest absolute Gasteiger partial charge is 0.481 e. The van der Waals surface area contributed by atoms with E-state index in [2.05, 4.69) is 6.92 Å². The van der Waals surface area contributed by atoms with E-state index in [-0.39, 0.29) is 0 Å². The number of aliphatic carboxylic acids is 1. The first-order valence-electron chi connectivity index (χ1n) is 7.90. The van der Waals surface area contributed by atoms with Gasteiger partial charge in [-0.3, -0.25) is 4.79 Å². The zero-order valence-corrected chi connectivity index (χ0v) is 11.2. The molecule has 0 radical (unpaired) electrons. The first-order valence-corrected chi connectivity index (χ1v) is 7.90. The van der Waals surface area contributed by atoms with Gasteiger partial charge in [0.25, 0.3) is 0 Å². The monoisotopic (exact) mass is 248 g/mol. The Morgan fingerprint density at radius 2 is 1.89 bits per heavy atom. The molecule has 18 heavy (non-hydrogen) atoms. The first-order chi connectivity index (χ1) is 8.68. The molecule has 8 unspecified atom stereocenters. The lowest BCUT2D eigenvalue weighted by atomic mass is 9.40. The fraction of sp³-hybridized carbons (Fsp3) is 0.938. The number of hydrogen-bond donors (Lipinski definition) is 1. The van der Waals surface area contributed by atoms with Crippen LogP contribution in [-0.4, -0.2) is 11.1 Å². The van der Waals surface area contributed by atoms with Crippen LogP contribution < -0.4 is 0 Å². The quantitative estimate of drug-likeness (QED) is 0.827. The van der Waals surface area contributed by atoms with Crippen LogP contribution in [0.5, 0.6) is 0 Å². The van der Waals surface area contributed by atoms with E-state index in [4.69, 9.17) is 5.11 Å². The van der Waals surface area contributed by atoms with Crippen LogP contribution in [0.4, 0.5) is 0 Å². The van der Waals surface area contributed by atoms with E-state index in [0.29, 0.717) is 6.42 Å². The van der Waals surface area contributed by atoms with Crippen molar-refractivity contribution >= 4 is 5.97 Å². The van der Waals surface area contributed by atoms with E-state index in [1.165, 1.54) is 25.7 Å². The van der Waals surface area contributed by atoms with Gasteiger partial charge in [-0.05, 0) is 79.4 Å². The molecule has 0 aliphatic heterocycles. The predicted molar refractivity (Wildman–Crippen MR) is 68.9 cm³/mol. The van der Waals surface area contributed by atoms with E-state index < -0.39 is 5.97 Å². The van der Waals surface area contributed by atoms with Gasteiger partial charge in [0.2, 0.25) is 0 Å². The lowest BCUT2D eigenvalue weighted by molar-refractivity contribution is -0.165. The number of carbonyl (C=O) groups is 1. The van der Waals surface area contributed by atoms with Crippen molar-refractivity contribution in [3.8, 4) is 0 Å². The summed E-state index contributed by atoms with van der Waals surface area (Å²) in [5, 5.41) is 8.72. The lowest BCUT2D eigenvalue weighted by Gasteiger charge is -2.64. The maximum Gasteiger partial charge on any atom is 0.303 e. The molecule has 100 valence electrons. The van der Waals surface area contributed by atoms with Gasteiger partial charge in [0.15, 0.2) is 0 Å². The van der Waals surface area contributed by atoms with Crippen LogP contribution in [0, 0.1) is 47.3 Å². The number of hydrogen-bond acceptors (Lipinski definition) is 1. The molecule has 0 aromatic heterocycles. The molecule has 0 saturated heterocycles. The minimum Gasteiger partial charge on any atom is -0.481 e. The standard InChI is InChI=1S/C16H24O2/c1-8-10-5-6-11(10)16-14(8)12-7-9(15(12)16)3-2-4-13(17)18/h8-12,14-16H,2-7H2,1H3,(H,17,18). The molecule has 0 aromatic carbocycles. The Kier molecular flexibility index (Phi) is 2.35. The molecule has 1 N–H and O–H groups in total. The van der Waals surface area contributed by atoms with Gasteiger partial charge >= 0.3 is 5.97 Å². The second kappa shape index (κ2) is 3.74. The van der Waals surface area contributed by atoms with Crippen LogP contribution in [0.3, 0.4) is 0 Å². The Hall–Kier alpha value is -0.530. The van der Waals surface area contributed by atoms with E-state index in [1.807, 2.05) is 0 Å². The normalized spacial score (nSPS) is 55.4. The Morgan fingerprint density at radius 3 is 2.56 bits per heavy atom. The van der Waals surface area contributed by atoms with Crippen molar-refractivity contribution in [2.24, 2.45) is 47.3 Å². The number of carboxylic acids is 1. The van der Waals surface area contributed by atoms with E-state index >= 15 is 0 Å². The zero-order chi connectivity index (χ0) is 12.4. The molecule has 0 aromatic rings. The lowest BCUT2D eigenvalue weighted by Crippen LogP contribution is -2.59. The molecule has 0 spiro atoms. The van der Waals surface area contributed by atoms with Gasteiger partial charge in [0, 0.05) is 6.42 Å². The van der Waals surface area contributed by atoms with Crippen LogP contribution >= 0.6 is 0 Å². The summed E-state index contributed by atoms with van der Waals surface area (Å²) in [6, 6.07) is 0. The summed E-state index contributed by atoms with van der Waals surface area (Å²) in [7, 11) is 0. The fourth-order valence-corrected chi connectivity index (χ4v) is 6.33. The molecule has 0 amide bonds. The summed E-state index contributed by atoms with van der Waals surface area (Å²) in [6.07, 6.45) is 6.90. The van der Waals surface area contributed by atoms with Gasteiger partial charge in [-0.25, -0.2) is 0 Å². The van der Waals surface area contributed by atoms with Crippen LogP contribution in [0.15, 0.2) is 0 Å². The molecule has 4 saturated carbocycles. The van der Waals surface area contributed by atoms with Crippen molar-refractivity contribution in [1.82, 2.24) is 0 Å². The van der Waals surface area contributed by atoms with E-state index in [0.717, 1.165) is 53.8 Å². The average Bonchev–Trinajstić information content (AvgIpc) is 2.36. The molecule has 4 fully saturated rings. The highest BCUT2D eigenvalue weighted by molar-refractivity contribution is 5.66. The first kappa shape index (κ1) is 11.3. The van der Waals surface area contributed by atoms with Crippen molar-refractivity contribution in [2.75, 3.05) is 0 Å². The van der Waals surface area contributed by atoms with E-state index in [9.17, 15) is 4.79 Å². The van der Waals surface area contributed by atoms with Crippen LogP contribution in [-0.2, 0) is 4.79 Å². The van der Waals surface area contributed by atoms with Crippen LogP contribution in [0.2, 0.25) is 0 Å². The highest BCUT2D eigenvalue weighted by atomic mass is 16.4. The molecule has 0 heterocycles. The summed E-state index contributed by atoms with van der Waals surface area (Å²) in [5.74, 6) is 7.63. The zero-order valence-electron chi connectivity index (χ0n) is 11.2. The maximum atomic E-state index is 10.6. The third-order valence-corrected chi connectivity index (χ3v) is 7.12. The molecule has 8 atom stereocenters. The maximum absolute atomic E-state index is 10.6. The Morgan fingerprint density at radius 1 is 1.11 bits per heavy atom. The second-order valence-electron chi connectivity index (χ2n) is 7.44. The highest BCUT2D eigenvalue weighted by Gasteiger charge is 2.69. The third-order valence-electron chi connectivity index (χ3n) is 7.12. The average molecular weight is 248 g/mol. The predicted octanol–water partition coefficient (Wildman–Crippen LogP) is 3.42. The molecule has 2 heteroatoms. The third kappa shape index (κ3) is 1.27. The van der Waals surface area contributed by atoms with Crippen LogP contribution in [0.25, 0.3) is 0 Å². The van der Waals surface area contributed by atoms with Crippen molar-refractivity contribution in [3.05, 3.63) is 0 Å². The van der Waals surface area contributed by atoms with Gasteiger partial charge in [0.05, 0.1) is 0 Å².